The van der Waals surface area contributed by atoms with Crippen LogP contribution in [0.4, 0.5) is 16.3 Å². The number of anilines is 2. The topological polar surface area (TPSA) is 71.8 Å². The number of allylic oxidation sites excluding steroid dienone is 1. The summed E-state index contributed by atoms with van der Waals surface area (Å²) in [6, 6.07) is 14.2. The highest BCUT2D eigenvalue weighted by Gasteiger charge is 2.26. The van der Waals surface area contributed by atoms with Crippen molar-refractivity contribution >= 4 is 23.5 Å². The van der Waals surface area contributed by atoms with Crippen molar-refractivity contribution in [2.45, 2.75) is 26.8 Å². The number of halogens is 1. The van der Waals surface area contributed by atoms with Gasteiger partial charge in [-0.05, 0) is 36.3 Å². The zero-order chi connectivity index (χ0) is 20.5. The number of hydrogen-bond acceptors (Lipinski definition) is 4. The van der Waals surface area contributed by atoms with Gasteiger partial charge in [-0.2, -0.15) is 4.98 Å². The number of rotatable bonds is 4. The molecular formula is C22H22FN5O. The number of carbonyl (C=O) groups excluding carboxylic acids is 1. The SMILES string of the molecule is Cc1ccc(C2=C[C@H](c3ccc(F)cc3)n3nc(NC(=O)C(C)C)nc3N2)cc1. The molecule has 1 atom stereocenters. The number of hydrogen-bond donors (Lipinski definition) is 2. The van der Waals surface area contributed by atoms with Crippen LogP contribution in [0, 0.1) is 18.7 Å². The number of nitrogens with one attached hydrogen (secondary N) is 2. The molecule has 2 N–H and O–H groups in total. The predicted octanol–water partition coefficient (Wildman–Crippen LogP) is 4.38. The molecule has 1 aliphatic rings. The lowest BCUT2D eigenvalue weighted by atomic mass is 10.0. The predicted molar refractivity (Wildman–Crippen MR) is 111 cm³/mol. The fourth-order valence-corrected chi connectivity index (χ4v) is 3.10. The molecule has 4 rings (SSSR count). The Morgan fingerprint density at radius 3 is 2.48 bits per heavy atom. The van der Waals surface area contributed by atoms with Crippen LogP contribution in [-0.2, 0) is 4.79 Å². The first-order valence-electron chi connectivity index (χ1n) is 9.49. The maximum atomic E-state index is 13.4. The Hall–Kier alpha value is -3.48. The molecule has 2 heterocycles. The molecule has 3 aromatic rings. The average molecular weight is 391 g/mol. The van der Waals surface area contributed by atoms with Crippen molar-refractivity contribution in [2.24, 2.45) is 5.92 Å². The number of amides is 1. The molecule has 1 aromatic heterocycles. The smallest absolute Gasteiger partial charge is 0.250 e. The third-order valence-electron chi connectivity index (χ3n) is 4.80. The minimum Gasteiger partial charge on any atom is -0.324 e. The van der Waals surface area contributed by atoms with Crippen molar-refractivity contribution in [1.82, 2.24) is 14.8 Å². The maximum Gasteiger partial charge on any atom is 0.250 e. The average Bonchev–Trinajstić information content (AvgIpc) is 3.10. The second-order valence-corrected chi connectivity index (χ2v) is 7.42. The molecule has 0 saturated carbocycles. The van der Waals surface area contributed by atoms with Crippen molar-refractivity contribution in [3.63, 3.8) is 0 Å². The van der Waals surface area contributed by atoms with E-state index < -0.39 is 0 Å². The fourth-order valence-electron chi connectivity index (χ4n) is 3.10. The van der Waals surface area contributed by atoms with Crippen LogP contribution in [0.5, 0.6) is 0 Å². The second-order valence-electron chi connectivity index (χ2n) is 7.42. The van der Waals surface area contributed by atoms with Gasteiger partial charge in [-0.15, -0.1) is 5.10 Å². The standard InChI is InChI=1S/C22H22FN5O/c1-13(2)20(29)25-21-26-22-24-18(15-6-4-14(3)5-7-15)12-19(28(22)27-21)16-8-10-17(23)11-9-16/h4-13,19H,1-3H3,(H2,24,25,26,27,29)/t19-/m1/s1. The van der Waals surface area contributed by atoms with Gasteiger partial charge in [-0.3, -0.25) is 10.1 Å². The molecule has 0 spiro atoms. The molecule has 1 amide bonds. The highest BCUT2D eigenvalue weighted by Crippen LogP contribution is 2.33. The monoisotopic (exact) mass is 391 g/mol. The first-order valence-corrected chi connectivity index (χ1v) is 9.49. The van der Waals surface area contributed by atoms with Crippen LogP contribution < -0.4 is 10.6 Å². The minimum atomic E-state index is -0.297. The largest absolute Gasteiger partial charge is 0.324 e. The first kappa shape index (κ1) is 18.9. The van der Waals surface area contributed by atoms with Crippen LogP contribution in [0.1, 0.15) is 36.6 Å². The Kier molecular flexibility index (Phi) is 4.88. The van der Waals surface area contributed by atoms with Crippen LogP contribution >= 0.6 is 0 Å². The van der Waals surface area contributed by atoms with Crippen LogP contribution in [-0.4, -0.2) is 20.7 Å². The van der Waals surface area contributed by atoms with Crippen LogP contribution in [0.15, 0.2) is 54.6 Å². The summed E-state index contributed by atoms with van der Waals surface area (Å²) in [7, 11) is 0. The summed E-state index contributed by atoms with van der Waals surface area (Å²) in [6.45, 7) is 5.65. The molecule has 0 unspecified atom stereocenters. The molecule has 0 fully saturated rings. The van der Waals surface area contributed by atoms with Gasteiger partial charge in [0.05, 0.1) is 0 Å². The second kappa shape index (κ2) is 7.50. The maximum absolute atomic E-state index is 13.4. The number of aryl methyl sites for hydroxylation is 1. The lowest BCUT2D eigenvalue weighted by Gasteiger charge is -2.24. The first-order chi connectivity index (χ1) is 13.9. The molecule has 0 aliphatic carbocycles. The molecule has 0 saturated heterocycles. The number of benzene rings is 2. The van der Waals surface area contributed by atoms with E-state index in [0.29, 0.717) is 5.95 Å². The normalized spacial score (nSPS) is 15.5. The third kappa shape index (κ3) is 3.89. The lowest BCUT2D eigenvalue weighted by Crippen LogP contribution is -2.20. The molecule has 1 aliphatic heterocycles. The molecule has 0 radical (unpaired) electrons. The summed E-state index contributed by atoms with van der Waals surface area (Å²) >= 11 is 0. The van der Waals surface area contributed by atoms with Crippen molar-refractivity contribution < 1.29 is 9.18 Å². The van der Waals surface area contributed by atoms with Gasteiger partial charge in [0.1, 0.15) is 11.9 Å². The van der Waals surface area contributed by atoms with Gasteiger partial charge in [0.2, 0.25) is 11.9 Å². The van der Waals surface area contributed by atoms with Gasteiger partial charge in [-0.25, -0.2) is 9.07 Å². The third-order valence-corrected chi connectivity index (χ3v) is 4.80. The Morgan fingerprint density at radius 2 is 1.83 bits per heavy atom. The number of aromatic nitrogens is 3. The van der Waals surface area contributed by atoms with E-state index in [2.05, 4.69) is 20.7 Å². The van der Waals surface area contributed by atoms with Crippen LogP contribution in [0.3, 0.4) is 0 Å². The molecule has 148 valence electrons. The van der Waals surface area contributed by atoms with E-state index in [4.69, 9.17) is 0 Å². The van der Waals surface area contributed by atoms with Gasteiger partial charge in [0.15, 0.2) is 0 Å². The number of fused-ring (bicyclic) bond motifs is 1. The summed E-state index contributed by atoms with van der Waals surface area (Å²) in [5.74, 6) is 0.109. The Balaban J connectivity index is 1.75. The quantitative estimate of drug-likeness (QED) is 0.693. The van der Waals surface area contributed by atoms with Crippen molar-refractivity contribution in [3.05, 3.63) is 77.1 Å². The Bertz CT molecular complexity index is 1070. The van der Waals surface area contributed by atoms with E-state index in [1.807, 2.05) is 51.1 Å². The van der Waals surface area contributed by atoms with E-state index in [1.54, 1.807) is 16.8 Å². The Labute approximate surface area is 168 Å². The van der Waals surface area contributed by atoms with E-state index in [0.717, 1.165) is 16.8 Å². The number of carbonyl (C=O) groups is 1. The van der Waals surface area contributed by atoms with Crippen molar-refractivity contribution in [3.8, 4) is 0 Å². The van der Waals surface area contributed by atoms with Gasteiger partial charge in [0.25, 0.3) is 5.95 Å². The van der Waals surface area contributed by atoms with Crippen molar-refractivity contribution in [2.75, 3.05) is 10.6 Å². The van der Waals surface area contributed by atoms with Gasteiger partial charge in [0, 0.05) is 11.6 Å². The lowest BCUT2D eigenvalue weighted by molar-refractivity contribution is -0.118. The minimum absolute atomic E-state index is 0.155. The molecule has 7 heteroatoms. The Morgan fingerprint density at radius 1 is 1.14 bits per heavy atom. The highest BCUT2D eigenvalue weighted by atomic mass is 19.1. The zero-order valence-electron chi connectivity index (χ0n) is 16.5. The number of nitrogens with zero attached hydrogens (tertiary/aromatic N) is 3. The van der Waals surface area contributed by atoms with Crippen LogP contribution in [0.25, 0.3) is 5.70 Å². The summed E-state index contributed by atoms with van der Waals surface area (Å²) in [6.07, 6.45) is 2.02. The molecule has 2 aromatic carbocycles. The zero-order valence-corrected chi connectivity index (χ0v) is 16.5. The van der Waals surface area contributed by atoms with Crippen molar-refractivity contribution in [1.29, 1.82) is 0 Å². The highest BCUT2D eigenvalue weighted by molar-refractivity contribution is 5.90. The van der Waals surface area contributed by atoms with E-state index >= 15 is 0 Å². The summed E-state index contributed by atoms with van der Waals surface area (Å²) in [5.41, 5.74) is 3.91. The summed E-state index contributed by atoms with van der Waals surface area (Å²) in [4.78, 5) is 16.5. The molecule has 29 heavy (non-hydrogen) atoms. The summed E-state index contributed by atoms with van der Waals surface area (Å²) < 4.78 is 15.1. The molecule has 6 nitrogen and oxygen atoms in total. The molecule has 0 bridgehead atoms. The van der Waals surface area contributed by atoms with E-state index in [-0.39, 0.29) is 29.6 Å². The van der Waals surface area contributed by atoms with E-state index in [1.165, 1.54) is 17.7 Å². The van der Waals surface area contributed by atoms with Crippen LogP contribution in [0.2, 0.25) is 0 Å². The molecular weight excluding hydrogens is 369 g/mol. The van der Waals surface area contributed by atoms with Gasteiger partial charge >= 0.3 is 0 Å². The fraction of sp³-hybridized carbons (Fsp3) is 0.227. The summed E-state index contributed by atoms with van der Waals surface area (Å²) in [5, 5.41) is 10.5. The van der Waals surface area contributed by atoms with Gasteiger partial charge < -0.3 is 5.32 Å². The van der Waals surface area contributed by atoms with Gasteiger partial charge in [-0.1, -0.05) is 55.8 Å². The van der Waals surface area contributed by atoms with E-state index in [9.17, 15) is 9.18 Å².